The highest BCUT2D eigenvalue weighted by atomic mass is 16.5. The van der Waals surface area contributed by atoms with Gasteiger partial charge in [0.05, 0.1) is 6.61 Å². The highest BCUT2D eigenvalue weighted by Gasteiger charge is 2.28. The van der Waals surface area contributed by atoms with Crippen molar-refractivity contribution >= 4 is 5.91 Å². The van der Waals surface area contributed by atoms with E-state index in [4.69, 9.17) is 4.74 Å². The molecule has 1 aliphatic heterocycles. The first-order valence-electron chi connectivity index (χ1n) is 7.39. The zero-order valence-electron chi connectivity index (χ0n) is 12.5. The van der Waals surface area contributed by atoms with E-state index in [2.05, 4.69) is 24.5 Å². The maximum Gasteiger partial charge on any atom is 0.251 e. The van der Waals surface area contributed by atoms with Crippen molar-refractivity contribution in [1.29, 1.82) is 0 Å². The molecule has 1 amide bonds. The zero-order valence-corrected chi connectivity index (χ0v) is 12.5. The van der Waals surface area contributed by atoms with Crippen LogP contribution in [0.3, 0.4) is 0 Å². The summed E-state index contributed by atoms with van der Waals surface area (Å²) in [6.07, 6.45) is 1.10. The van der Waals surface area contributed by atoms with Crippen LogP contribution in [0.1, 0.15) is 37.6 Å². The minimum Gasteiger partial charge on any atom is -0.494 e. The SMILES string of the molecule is CCOc1ccc(C(=O)NC2C(C)CCNC2C)cc1. The fourth-order valence-electron chi connectivity index (χ4n) is 2.71. The standard InChI is InChI=1S/C16H24N2O2/c1-4-20-14-7-5-13(6-8-14)16(19)18-15-11(2)9-10-17-12(15)3/h5-8,11-12,15,17H,4,9-10H2,1-3H3,(H,18,19). The molecule has 2 rings (SSSR count). The van der Waals surface area contributed by atoms with E-state index in [1.54, 1.807) is 0 Å². The Labute approximate surface area is 120 Å². The summed E-state index contributed by atoms with van der Waals surface area (Å²) in [6.45, 7) is 7.92. The number of carbonyl (C=O) groups is 1. The number of benzene rings is 1. The van der Waals surface area contributed by atoms with Crippen LogP contribution in [0.4, 0.5) is 0 Å². The fraction of sp³-hybridized carbons (Fsp3) is 0.562. The molecule has 2 N–H and O–H groups in total. The Kier molecular flexibility index (Phi) is 5.01. The van der Waals surface area contributed by atoms with E-state index >= 15 is 0 Å². The van der Waals surface area contributed by atoms with E-state index in [0.717, 1.165) is 18.7 Å². The van der Waals surface area contributed by atoms with Crippen molar-refractivity contribution in [3.8, 4) is 5.75 Å². The number of ether oxygens (including phenoxy) is 1. The summed E-state index contributed by atoms with van der Waals surface area (Å²) in [4.78, 5) is 12.3. The van der Waals surface area contributed by atoms with Crippen LogP contribution in [-0.2, 0) is 0 Å². The van der Waals surface area contributed by atoms with Gasteiger partial charge in [-0.3, -0.25) is 4.79 Å². The van der Waals surface area contributed by atoms with Gasteiger partial charge in [-0.05, 0) is 57.0 Å². The summed E-state index contributed by atoms with van der Waals surface area (Å²) in [6, 6.07) is 7.79. The third-order valence-electron chi connectivity index (χ3n) is 3.94. The van der Waals surface area contributed by atoms with Crippen LogP contribution in [-0.4, -0.2) is 31.1 Å². The second-order valence-electron chi connectivity index (χ2n) is 5.47. The Hall–Kier alpha value is -1.55. The summed E-state index contributed by atoms with van der Waals surface area (Å²) >= 11 is 0. The Morgan fingerprint density at radius 2 is 2.05 bits per heavy atom. The average Bonchev–Trinajstić information content (AvgIpc) is 2.44. The van der Waals surface area contributed by atoms with Crippen molar-refractivity contribution in [2.45, 2.75) is 39.3 Å². The Balaban J connectivity index is 2.00. The summed E-state index contributed by atoms with van der Waals surface area (Å²) in [5.41, 5.74) is 0.679. The van der Waals surface area contributed by atoms with Crippen LogP contribution in [0.15, 0.2) is 24.3 Å². The molecule has 3 atom stereocenters. The molecule has 0 aromatic heterocycles. The molecule has 1 fully saturated rings. The Bertz CT molecular complexity index is 434. The monoisotopic (exact) mass is 276 g/mol. The van der Waals surface area contributed by atoms with Gasteiger partial charge in [0.25, 0.3) is 5.91 Å². The fourth-order valence-corrected chi connectivity index (χ4v) is 2.71. The lowest BCUT2D eigenvalue weighted by molar-refractivity contribution is 0.0897. The minimum absolute atomic E-state index is 0.0135. The number of amides is 1. The van der Waals surface area contributed by atoms with Gasteiger partial charge in [0.15, 0.2) is 0 Å². The minimum atomic E-state index is -0.0135. The summed E-state index contributed by atoms with van der Waals surface area (Å²) < 4.78 is 5.38. The molecule has 110 valence electrons. The lowest BCUT2D eigenvalue weighted by Crippen LogP contribution is -2.55. The molecule has 4 nitrogen and oxygen atoms in total. The molecule has 3 unspecified atom stereocenters. The molecule has 1 aromatic rings. The van der Waals surface area contributed by atoms with Crippen molar-refractivity contribution in [2.75, 3.05) is 13.2 Å². The molecule has 1 heterocycles. The first kappa shape index (κ1) is 14.9. The van der Waals surface area contributed by atoms with Gasteiger partial charge in [0.1, 0.15) is 5.75 Å². The third-order valence-corrected chi connectivity index (χ3v) is 3.94. The number of hydrogen-bond donors (Lipinski definition) is 2. The van der Waals surface area contributed by atoms with Crippen molar-refractivity contribution < 1.29 is 9.53 Å². The predicted molar refractivity (Wildman–Crippen MR) is 80.1 cm³/mol. The van der Waals surface area contributed by atoms with E-state index in [0.29, 0.717) is 24.1 Å². The third kappa shape index (κ3) is 3.51. The molecule has 0 aliphatic carbocycles. The van der Waals surface area contributed by atoms with Crippen LogP contribution in [0.25, 0.3) is 0 Å². The van der Waals surface area contributed by atoms with Gasteiger partial charge in [0, 0.05) is 17.6 Å². The van der Waals surface area contributed by atoms with Crippen molar-refractivity contribution in [2.24, 2.45) is 5.92 Å². The second kappa shape index (κ2) is 6.75. The maximum atomic E-state index is 12.3. The van der Waals surface area contributed by atoms with Gasteiger partial charge in [0.2, 0.25) is 0 Å². The van der Waals surface area contributed by atoms with Gasteiger partial charge in [-0.25, -0.2) is 0 Å². The largest absolute Gasteiger partial charge is 0.494 e. The highest BCUT2D eigenvalue weighted by Crippen LogP contribution is 2.17. The van der Waals surface area contributed by atoms with E-state index < -0.39 is 0 Å². The van der Waals surface area contributed by atoms with Crippen LogP contribution in [0.2, 0.25) is 0 Å². The maximum absolute atomic E-state index is 12.3. The topological polar surface area (TPSA) is 50.4 Å². The lowest BCUT2D eigenvalue weighted by atomic mass is 9.89. The molecule has 0 spiro atoms. The molecule has 1 aromatic carbocycles. The summed E-state index contributed by atoms with van der Waals surface area (Å²) in [7, 11) is 0. The van der Waals surface area contributed by atoms with E-state index in [1.165, 1.54) is 0 Å². The van der Waals surface area contributed by atoms with Gasteiger partial charge in [-0.2, -0.15) is 0 Å². The quantitative estimate of drug-likeness (QED) is 0.886. The summed E-state index contributed by atoms with van der Waals surface area (Å²) in [5, 5.41) is 6.55. The molecule has 4 heteroatoms. The number of hydrogen-bond acceptors (Lipinski definition) is 3. The van der Waals surface area contributed by atoms with Crippen LogP contribution in [0, 0.1) is 5.92 Å². The molecule has 1 saturated heterocycles. The second-order valence-corrected chi connectivity index (χ2v) is 5.47. The zero-order chi connectivity index (χ0) is 14.5. The molecule has 20 heavy (non-hydrogen) atoms. The smallest absolute Gasteiger partial charge is 0.251 e. The van der Waals surface area contributed by atoms with Crippen LogP contribution >= 0.6 is 0 Å². The van der Waals surface area contributed by atoms with Gasteiger partial charge >= 0.3 is 0 Å². The number of nitrogens with one attached hydrogen (secondary N) is 2. The van der Waals surface area contributed by atoms with Gasteiger partial charge in [-0.1, -0.05) is 6.92 Å². The van der Waals surface area contributed by atoms with Crippen molar-refractivity contribution in [1.82, 2.24) is 10.6 Å². The van der Waals surface area contributed by atoms with Crippen LogP contribution < -0.4 is 15.4 Å². The molecule has 0 bridgehead atoms. The summed E-state index contributed by atoms with van der Waals surface area (Å²) in [5.74, 6) is 1.28. The van der Waals surface area contributed by atoms with E-state index in [-0.39, 0.29) is 11.9 Å². The Morgan fingerprint density at radius 1 is 1.35 bits per heavy atom. The normalized spacial score (nSPS) is 26.1. The van der Waals surface area contributed by atoms with Crippen molar-refractivity contribution in [3.05, 3.63) is 29.8 Å². The van der Waals surface area contributed by atoms with Gasteiger partial charge in [-0.15, -0.1) is 0 Å². The number of piperidine rings is 1. The molecular formula is C16H24N2O2. The lowest BCUT2D eigenvalue weighted by Gasteiger charge is -2.36. The average molecular weight is 276 g/mol. The molecule has 1 aliphatic rings. The van der Waals surface area contributed by atoms with E-state index in [1.807, 2.05) is 31.2 Å². The first-order valence-corrected chi connectivity index (χ1v) is 7.39. The first-order chi connectivity index (χ1) is 9.61. The molecule has 0 radical (unpaired) electrons. The van der Waals surface area contributed by atoms with Gasteiger partial charge < -0.3 is 15.4 Å². The Morgan fingerprint density at radius 3 is 2.65 bits per heavy atom. The van der Waals surface area contributed by atoms with Crippen LogP contribution in [0.5, 0.6) is 5.75 Å². The number of carbonyl (C=O) groups excluding carboxylic acids is 1. The van der Waals surface area contributed by atoms with Crippen molar-refractivity contribution in [3.63, 3.8) is 0 Å². The predicted octanol–water partition coefficient (Wildman–Crippen LogP) is 2.20. The molecule has 0 saturated carbocycles. The van der Waals surface area contributed by atoms with E-state index in [9.17, 15) is 4.79 Å². The highest BCUT2D eigenvalue weighted by molar-refractivity contribution is 5.94. The number of rotatable bonds is 4. The molecular weight excluding hydrogens is 252 g/mol.